The largest absolute Gasteiger partial charge is 0.301 e. The zero-order chi connectivity index (χ0) is 18.5. The summed E-state index contributed by atoms with van der Waals surface area (Å²) >= 11 is 2.91. The molecular weight excluding hydrogens is 372 g/mol. The maximum Gasteiger partial charge on any atom is 0.225 e. The molecular formula is C16H22N6O2S2. The zero-order valence-corrected chi connectivity index (χ0v) is 16.5. The van der Waals surface area contributed by atoms with Gasteiger partial charge >= 0.3 is 0 Å². The van der Waals surface area contributed by atoms with Gasteiger partial charge < -0.3 is 10.6 Å². The number of hydrogen-bond acceptors (Lipinski definition) is 8. The van der Waals surface area contributed by atoms with Crippen LogP contribution in [0.3, 0.4) is 0 Å². The highest BCUT2D eigenvalue weighted by Crippen LogP contribution is 2.43. The average Bonchev–Trinajstić information content (AvgIpc) is 3.31. The van der Waals surface area contributed by atoms with Crippen LogP contribution in [0.5, 0.6) is 0 Å². The monoisotopic (exact) mass is 394 g/mol. The number of nitrogens with zero attached hydrogens (tertiary/aromatic N) is 4. The maximum atomic E-state index is 11.5. The van der Waals surface area contributed by atoms with Gasteiger partial charge in [0, 0.05) is 24.7 Å². The lowest BCUT2D eigenvalue weighted by molar-refractivity contribution is -0.116. The van der Waals surface area contributed by atoms with E-state index in [1.165, 1.54) is 22.7 Å². The minimum atomic E-state index is -0.0512. The predicted octanol–water partition coefficient (Wildman–Crippen LogP) is 3.53. The second-order valence-electron chi connectivity index (χ2n) is 6.25. The molecule has 2 aromatic rings. The highest BCUT2D eigenvalue weighted by molar-refractivity contribution is 7.15. The number of hydrogen-bond donors (Lipinski definition) is 2. The third-order valence-electron chi connectivity index (χ3n) is 4.39. The van der Waals surface area contributed by atoms with Gasteiger partial charge in [0.05, 0.1) is 0 Å². The SMILES string of the molecule is CCC(=O)Nc1nnc([C@H]2CCC[C@H](c3nnc(NC(=O)CC)s3)C2)s1. The third-order valence-corrected chi connectivity index (χ3v) is 6.39. The normalized spacial score (nSPS) is 19.9. The van der Waals surface area contributed by atoms with E-state index >= 15 is 0 Å². The lowest BCUT2D eigenvalue weighted by Crippen LogP contribution is -2.12. The lowest BCUT2D eigenvalue weighted by atomic mass is 9.82. The van der Waals surface area contributed by atoms with E-state index in [1.807, 2.05) is 13.8 Å². The van der Waals surface area contributed by atoms with Crippen LogP contribution in [0.2, 0.25) is 0 Å². The highest BCUT2D eigenvalue weighted by Gasteiger charge is 2.29. The highest BCUT2D eigenvalue weighted by atomic mass is 32.1. The molecule has 0 aliphatic heterocycles. The molecule has 0 bridgehead atoms. The second kappa shape index (κ2) is 8.63. The van der Waals surface area contributed by atoms with Crippen molar-refractivity contribution in [1.82, 2.24) is 20.4 Å². The molecule has 2 aromatic heterocycles. The van der Waals surface area contributed by atoms with Gasteiger partial charge in [0.2, 0.25) is 22.1 Å². The topological polar surface area (TPSA) is 110 Å². The van der Waals surface area contributed by atoms with E-state index in [0.717, 1.165) is 35.7 Å². The summed E-state index contributed by atoms with van der Waals surface area (Å²) in [6.07, 6.45) is 4.99. The van der Waals surface area contributed by atoms with Crippen LogP contribution in [0.25, 0.3) is 0 Å². The Morgan fingerprint density at radius 3 is 1.77 bits per heavy atom. The van der Waals surface area contributed by atoms with Crippen LogP contribution in [0.4, 0.5) is 10.3 Å². The molecule has 2 N–H and O–H groups in total. The van der Waals surface area contributed by atoms with Gasteiger partial charge in [0.15, 0.2) is 0 Å². The van der Waals surface area contributed by atoms with Crippen LogP contribution < -0.4 is 10.6 Å². The van der Waals surface area contributed by atoms with Gasteiger partial charge in [0.25, 0.3) is 0 Å². The first kappa shape index (κ1) is 18.8. The molecule has 1 fully saturated rings. The van der Waals surface area contributed by atoms with E-state index in [1.54, 1.807) is 0 Å². The van der Waals surface area contributed by atoms with E-state index in [9.17, 15) is 9.59 Å². The van der Waals surface area contributed by atoms with Crippen molar-refractivity contribution in [2.75, 3.05) is 10.6 Å². The van der Waals surface area contributed by atoms with Crippen LogP contribution in [-0.2, 0) is 9.59 Å². The fourth-order valence-electron chi connectivity index (χ4n) is 2.95. The van der Waals surface area contributed by atoms with Crippen LogP contribution in [0, 0.1) is 0 Å². The Morgan fingerprint density at radius 1 is 0.885 bits per heavy atom. The van der Waals surface area contributed by atoms with Crippen molar-refractivity contribution in [1.29, 1.82) is 0 Å². The number of aromatic nitrogens is 4. The Bertz CT molecular complexity index is 712. The molecule has 10 heteroatoms. The van der Waals surface area contributed by atoms with Crippen molar-refractivity contribution in [2.24, 2.45) is 0 Å². The molecule has 26 heavy (non-hydrogen) atoms. The number of anilines is 2. The Kier molecular flexibility index (Phi) is 6.25. The number of amides is 2. The van der Waals surface area contributed by atoms with Crippen molar-refractivity contribution < 1.29 is 9.59 Å². The molecule has 2 heterocycles. The third kappa shape index (κ3) is 4.61. The first-order valence-corrected chi connectivity index (χ1v) is 10.5. The molecule has 1 aliphatic carbocycles. The van der Waals surface area contributed by atoms with E-state index in [-0.39, 0.29) is 11.8 Å². The minimum Gasteiger partial charge on any atom is -0.301 e. The molecule has 8 nitrogen and oxygen atoms in total. The molecule has 0 saturated heterocycles. The Morgan fingerprint density at radius 2 is 1.35 bits per heavy atom. The van der Waals surface area contributed by atoms with Crippen molar-refractivity contribution in [3.8, 4) is 0 Å². The summed E-state index contributed by atoms with van der Waals surface area (Å²) in [6, 6.07) is 0. The lowest BCUT2D eigenvalue weighted by Gasteiger charge is -2.25. The first-order chi connectivity index (χ1) is 12.6. The molecule has 140 valence electrons. The summed E-state index contributed by atoms with van der Waals surface area (Å²) < 4.78 is 0. The molecule has 0 spiro atoms. The smallest absolute Gasteiger partial charge is 0.225 e. The molecule has 0 radical (unpaired) electrons. The number of carbonyl (C=O) groups is 2. The summed E-state index contributed by atoms with van der Waals surface area (Å²) in [7, 11) is 0. The summed E-state index contributed by atoms with van der Waals surface area (Å²) in [5.74, 6) is 0.529. The minimum absolute atomic E-state index is 0.0512. The van der Waals surface area contributed by atoms with Gasteiger partial charge in [-0.3, -0.25) is 9.59 Å². The van der Waals surface area contributed by atoms with Gasteiger partial charge in [-0.25, -0.2) is 0 Å². The number of carbonyl (C=O) groups excluding carboxylic acids is 2. The van der Waals surface area contributed by atoms with Crippen molar-refractivity contribution in [2.45, 2.75) is 64.2 Å². The Hall–Kier alpha value is -1.94. The first-order valence-electron chi connectivity index (χ1n) is 8.85. The van der Waals surface area contributed by atoms with Crippen molar-refractivity contribution in [3.05, 3.63) is 10.0 Å². The van der Waals surface area contributed by atoms with E-state index in [4.69, 9.17) is 0 Å². The fraction of sp³-hybridized carbons (Fsp3) is 0.625. The summed E-state index contributed by atoms with van der Waals surface area (Å²) in [4.78, 5) is 23.0. The average molecular weight is 395 g/mol. The van der Waals surface area contributed by atoms with Crippen LogP contribution in [0.1, 0.15) is 74.2 Å². The molecule has 0 unspecified atom stereocenters. The maximum absolute atomic E-state index is 11.5. The molecule has 3 rings (SSSR count). The zero-order valence-electron chi connectivity index (χ0n) is 14.8. The van der Waals surface area contributed by atoms with E-state index in [2.05, 4.69) is 31.0 Å². The van der Waals surface area contributed by atoms with E-state index < -0.39 is 0 Å². The predicted molar refractivity (Wildman–Crippen MR) is 102 cm³/mol. The molecule has 1 saturated carbocycles. The van der Waals surface area contributed by atoms with Crippen LogP contribution in [-0.4, -0.2) is 32.2 Å². The molecule has 0 aromatic carbocycles. The van der Waals surface area contributed by atoms with Gasteiger partial charge in [-0.15, -0.1) is 20.4 Å². The van der Waals surface area contributed by atoms with Gasteiger partial charge in [-0.1, -0.05) is 42.9 Å². The van der Waals surface area contributed by atoms with Crippen molar-refractivity contribution >= 4 is 44.8 Å². The number of nitrogens with one attached hydrogen (secondary N) is 2. The Labute approximate surface area is 159 Å². The summed E-state index contributed by atoms with van der Waals surface area (Å²) in [5.41, 5.74) is 0. The van der Waals surface area contributed by atoms with E-state index in [0.29, 0.717) is 34.9 Å². The fourth-order valence-corrected chi connectivity index (χ4v) is 4.77. The molecule has 1 aliphatic rings. The van der Waals surface area contributed by atoms with Gasteiger partial charge in [-0.2, -0.15) is 0 Å². The summed E-state index contributed by atoms with van der Waals surface area (Å²) in [6.45, 7) is 3.62. The van der Waals surface area contributed by atoms with Crippen molar-refractivity contribution in [3.63, 3.8) is 0 Å². The molecule has 2 atom stereocenters. The Balaban J connectivity index is 1.64. The molecule has 2 amide bonds. The van der Waals surface area contributed by atoms with Gasteiger partial charge in [-0.05, 0) is 19.3 Å². The van der Waals surface area contributed by atoms with Gasteiger partial charge in [0.1, 0.15) is 10.0 Å². The number of rotatable bonds is 6. The quantitative estimate of drug-likeness (QED) is 0.775. The van der Waals surface area contributed by atoms with Crippen LogP contribution in [0.15, 0.2) is 0 Å². The summed E-state index contributed by atoms with van der Waals surface area (Å²) in [5, 5.41) is 25.3. The standard InChI is InChI=1S/C16H22N6O2S2/c1-3-11(23)17-15-21-19-13(25-15)9-6-5-7-10(8-9)14-20-22-16(26-14)18-12(24)4-2/h9-10H,3-8H2,1-2H3,(H,17,21,23)(H,18,22,24)/t9-,10-/m0/s1. The second-order valence-corrected chi connectivity index (χ2v) is 8.27. The van der Waals surface area contributed by atoms with Crippen LogP contribution >= 0.6 is 22.7 Å².